The molecule has 0 heterocycles. The van der Waals surface area contributed by atoms with Crippen LogP contribution in [0.25, 0.3) is 0 Å². The predicted octanol–water partition coefficient (Wildman–Crippen LogP) is 3.74. The van der Waals surface area contributed by atoms with Crippen LogP contribution in [0.3, 0.4) is 0 Å². The Kier molecular flexibility index (Phi) is 4.58. The van der Waals surface area contributed by atoms with E-state index in [2.05, 4.69) is 4.72 Å². The number of hydrogen-bond acceptors (Lipinski definition) is 2. The maximum absolute atomic E-state index is 12.9. The quantitative estimate of drug-likeness (QED) is 0.929. The highest BCUT2D eigenvalue weighted by Crippen LogP contribution is 2.34. The molecule has 1 N–H and O–H groups in total. The van der Waals surface area contributed by atoms with Crippen molar-refractivity contribution in [2.24, 2.45) is 0 Å². The standard InChI is InChI=1S/C15H14F3NO2S/c1-11(12-7-3-2-4-8-12)19-22(20,21)14-10-6-5-9-13(14)15(16,17)18/h2-11,19H,1H3. The molecule has 3 nitrogen and oxygen atoms in total. The monoisotopic (exact) mass is 329 g/mol. The minimum absolute atomic E-state index is 0.646. The van der Waals surface area contributed by atoms with Crippen molar-refractivity contribution in [1.29, 1.82) is 0 Å². The largest absolute Gasteiger partial charge is 0.417 e. The number of hydrogen-bond donors (Lipinski definition) is 1. The van der Waals surface area contributed by atoms with E-state index in [9.17, 15) is 21.6 Å². The van der Waals surface area contributed by atoms with Crippen LogP contribution in [0.1, 0.15) is 24.1 Å². The molecular weight excluding hydrogens is 315 g/mol. The molecule has 1 atom stereocenters. The van der Waals surface area contributed by atoms with Crippen molar-refractivity contribution in [1.82, 2.24) is 4.72 Å². The Labute approximate surface area is 126 Å². The van der Waals surface area contributed by atoms with E-state index in [1.807, 2.05) is 0 Å². The van der Waals surface area contributed by atoms with Gasteiger partial charge in [-0.1, -0.05) is 42.5 Å². The summed E-state index contributed by atoms with van der Waals surface area (Å²) in [5.74, 6) is 0. The molecule has 0 aliphatic heterocycles. The molecule has 22 heavy (non-hydrogen) atoms. The van der Waals surface area contributed by atoms with Gasteiger partial charge in [-0.15, -0.1) is 0 Å². The van der Waals surface area contributed by atoms with Crippen molar-refractivity contribution < 1.29 is 21.6 Å². The third kappa shape index (κ3) is 3.66. The molecule has 118 valence electrons. The van der Waals surface area contributed by atoms with Crippen LogP contribution in [0.4, 0.5) is 13.2 Å². The summed E-state index contributed by atoms with van der Waals surface area (Å²) in [5.41, 5.74) is -0.515. The highest BCUT2D eigenvalue weighted by atomic mass is 32.2. The summed E-state index contributed by atoms with van der Waals surface area (Å²) in [6.45, 7) is 1.57. The van der Waals surface area contributed by atoms with Crippen LogP contribution in [0.15, 0.2) is 59.5 Å². The first-order chi connectivity index (χ1) is 10.2. The highest BCUT2D eigenvalue weighted by molar-refractivity contribution is 7.89. The highest BCUT2D eigenvalue weighted by Gasteiger charge is 2.37. The molecule has 2 aromatic rings. The summed E-state index contributed by atoms with van der Waals surface area (Å²) in [6.07, 6.45) is -4.73. The van der Waals surface area contributed by atoms with Crippen molar-refractivity contribution in [3.8, 4) is 0 Å². The van der Waals surface area contributed by atoms with Crippen molar-refractivity contribution in [2.45, 2.75) is 24.0 Å². The molecular formula is C15H14F3NO2S. The van der Waals surface area contributed by atoms with Crippen LogP contribution in [0.2, 0.25) is 0 Å². The molecule has 1 unspecified atom stereocenters. The molecule has 0 saturated heterocycles. The average molecular weight is 329 g/mol. The van der Waals surface area contributed by atoms with E-state index in [4.69, 9.17) is 0 Å². The lowest BCUT2D eigenvalue weighted by atomic mass is 10.1. The van der Waals surface area contributed by atoms with E-state index >= 15 is 0 Å². The van der Waals surface area contributed by atoms with Crippen LogP contribution in [-0.2, 0) is 16.2 Å². The summed E-state index contributed by atoms with van der Waals surface area (Å²) < 4.78 is 65.7. The van der Waals surface area contributed by atoms with Crippen LogP contribution in [-0.4, -0.2) is 8.42 Å². The minimum atomic E-state index is -4.73. The van der Waals surface area contributed by atoms with Gasteiger partial charge >= 0.3 is 6.18 Å². The van der Waals surface area contributed by atoms with Crippen molar-refractivity contribution in [3.63, 3.8) is 0 Å². The zero-order valence-corrected chi connectivity index (χ0v) is 12.4. The maximum Gasteiger partial charge on any atom is 0.417 e. The molecule has 0 fully saturated rings. The smallest absolute Gasteiger partial charge is 0.207 e. The number of alkyl halides is 3. The zero-order chi connectivity index (χ0) is 16.4. The topological polar surface area (TPSA) is 46.2 Å². The van der Waals surface area contributed by atoms with Gasteiger partial charge in [0, 0.05) is 6.04 Å². The van der Waals surface area contributed by atoms with Crippen LogP contribution < -0.4 is 4.72 Å². The van der Waals surface area contributed by atoms with Gasteiger partial charge < -0.3 is 0 Å². The number of rotatable bonds is 4. The lowest BCUT2D eigenvalue weighted by Gasteiger charge is -2.17. The van der Waals surface area contributed by atoms with Crippen LogP contribution in [0.5, 0.6) is 0 Å². The summed E-state index contributed by atoms with van der Waals surface area (Å²) in [5, 5.41) is 0. The lowest BCUT2D eigenvalue weighted by molar-refractivity contribution is -0.139. The molecule has 0 amide bonds. The van der Waals surface area contributed by atoms with E-state index in [-0.39, 0.29) is 0 Å². The Morgan fingerprint density at radius 3 is 2.09 bits per heavy atom. The van der Waals surface area contributed by atoms with E-state index in [1.165, 1.54) is 6.07 Å². The van der Waals surface area contributed by atoms with E-state index in [1.54, 1.807) is 37.3 Å². The van der Waals surface area contributed by atoms with Gasteiger partial charge in [-0.25, -0.2) is 13.1 Å². The van der Waals surface area contributed by atoms with Gasteiger partial charge in [0.2, 0.25) is 10.0 Å². The second-order valence-electron chi connectivity index (χ2n) is 4.75. The van der Waals surface area contributed by atoms with Gasteiger partial charge in [0.1, 0.15) is 0 Å². The Morgan fingerprint density at radius 1 is 0.955 bits per heavy atom. The SMILES string of the molecule is CC(NS(=O)(=O)c1ccccc1C(F)(F)F)c1ccccc1. The Hall–Kier alpha value is -1.86. The second kappa shape index (κ2) is 6.10. The van der Waals surface area contributed by atoms with E-state index in [0.717, 1.165) is 18.2 Å². The summed E-state index contributed by atoms with van der Waals surface area (Å²) in [6, 6.07) is 12.1. The zero-order valence-electron chi connectivity index (χ0n) is 11.6. The molecule has 2 rings (SSSR count). The number of sulfonamides is 1. The number of benzene rings is 2. The van der Waals surface area contributed by atoms with Gasteiger partial charge in [0.05, 0.1) is 10.5 Å². The average Bonchev–Trinajstić information content (AvgIpc) is 2.47. The predicted molar refractivity (Wildman–Crippen MR) is 76.6 cm³/mol. The Balaban J connectivity index is 2.36. The fourth-order valence-electron chi connectivity index (χ4n) is 2.04. The molecule has 0 saturated carbocycles. The minimum Gasteiger partial charge on any atom is -0.207 e. The lowest BCUT2D eigenvalue weighted by Crippen LogP contribution is -2.28. The molecule has 0 aromatic heterocycles. The summed E-state index contributed by atoms with van der Waals surface area (Å²) in [4.78, 5) is -0.773. The molecule has 0 spiro atoms. The van der Waals surface area contributed by atoms with Gasteiger partial charge in [0.15, 0.2) is 0 Å². The summed E-state index contributed by atoms with van der Waals surface area (Å²) in [7, 11) is -4.29. The first kappa shape index (κ1) is 16.5. The molecule has 2 aromatic carbocycles. The third-order valence-corrected chi connectivity index (χ3v) is 4.71. The van der Waals surface area contributed by atoms with Gasteiger partial charge in [0.25, 0.3) is 0 Å². The first-order valence-corrected chi connectivity index (χ1v) is 7.93. The number of halogens is 3. The number of nitrogens with one attached hydrogen (secondary N) is 1. The van der Waals surface area contributed by atoms with Gasteiger partial charge in [-0.3, -0.25) is 0 Å². The fourth-order valence-corrected chi connectivity index (χ4v) is 3.50. The third-order valence-electron chi connectivity index (χ3n) is 3.11. The van der Waals surface area contributed by atoms with Crippen molar-refractivity contribution in [2.75, 3.05) is 0 Å². The normalized spacial score (nSPS) is 13.8. The van der Waals surface area contributed by atoms with Gasteiger partial charge in [-0.05, 0) is 24.6 Å². The second-order valence-corrected chi connectivity index (χ2v) is 6.43. The summed E-state index contributed by atoms with van der Waals surface area (Å²) >= 11 is 0. The molecule has 0 aliphatic rings. The molecule has 0 bridgehead atoms. The maximum atomic E-state index is 12.9. The van der Waals surface area contributed by atoms with Crippen molar-refractivity contribution >= 4 is 10.0 Å². The molecule has 0 aliphatic carbocycles. The Morgan fingerprint density at radius 2 is 1.50 bits per heavy atom. The van der Waals surface area contributed by atoms with Crippen molar-refractivity contribution in [3.05, 3.63) is 65.7 Å². The molecule has 0 radical (unpaired) electrons. The van der Waals surface area contributed by atoms with E-state index < -0.39 is 32.7 Å². The first-order valence-electron chi connectivity index (χ1n) is 6.45. The van der Waals surface area contributed by atoms with Crippen LogP contribution in [0, 0.1) is 0 Å². The van der Waals surface area contributed by atoms with Crippen LogP contribution >= 0.6 is 0 Å². The van der Waals surface area contributed by atoms with Gasteiger partial charge in [-0.2, -0.15) is 13.2 Å². The molecule has 7 heteroatoms. The van der Waals surface area contributed by atoms with E-state index in [0.29, 0.717) is 5.56 Å². The fraction of sp³-hybridized carbons (Fsp3) is 0.200. The Bertz CT molecular complexity index is 743.